The van der Waals surface area contributed by atoms with Crippen LogP contribution in [0.4, 0.5) is 8.78 Å². The molecular weight excluding hydrogens is 152 g/mol. The summed E-state index contributed by atoms with van der Waals surface area (Å²) in [6, 6.07) is 0. The van der Waals surface area contributed by atoms with Crippen molar-refractivity contribution < 1.29 is 13.9 Å². The van der Waals surface area contributed by atoms with Gasteiger partial charge in [-0.2, -0.15) is 0 Å². The first-order chi connectivity index (χ1) is 4.92. The number of nitrogens with one attached hydrogen (secondary N) is 1. The highest BCUT2D eigenvalue weighted by Gasteiger charge is 2.46. The Morgan fingerprint density at radius 1 is 1.55 bits per heavy atom. The van der Waals surface area contributed by atoms with Crippen molar-refractivity contribution in [1.82, 2.24) is 0 Å². The molecule has 1 aliphatic carbocycles. The van der Waals surface area contributed by atoms with Crippen LogP contribution in [0.15, 0.2) is 0 Å². The second kappa shape index (κ2) is 2.52. The molecule has 0 aromatic carbocycles. The van der Waals surface area contributed by atoms with E-state index in [2.05, 4.69) is 0 Å². The van der Waals surface area contributed by atoms with E-state index in [1.165, 1.54) is 6.92 Å². The molecule has 0 bridgehead atoms. The van der Waals surface area contributed by atoms with Gasteiger partial charge >= 0.3 is 0 Å². The summed E-state index contributed by atoms with van der Waals surface area (Å²) in [6.07, 6.45) is -1.89. The number of alkyl halides is 2. The van der Waals surface area contributed by atoms with Crippen molar-refractivity contribution in [1.29, 1.82) is 5.41 Å². The zero-order valence-corrected chi connectivity index (χ0v) is 6.27. The van der Waals surface area contributed by atoms with Gasteiger partial charge in [0.05, 0.1) is 6.10 Å². The minimum Gasteiger partial charge on any atom is -0.392 e. The van der Waals surface area contributed by atoms with Gasteiger partial charge in [0.25, 0.3) is 5.92 Å². The number of aliphatic hydroxyl groups is 1. The zero-order chi connectivity index (χ0) is 8.65. The molecule has 1 rings (SSSR count). The summed E-state index contributed by atoms with van der Waals surface area (Å²) in [4.78, 5) is 0. The van der Waals surface area contributed by atoms with Crippen molar-refractivity contribution in [2.75, 3.05) is 0 Å². The maximum Gasteiger partial charge on any atom is 0.251 e. The Bertz CT molecular complexity index is 181. The van der Waals surface area contributed by atoms with Gasteiger partial charge in [0.2, 0.25) is 0 Å². The number of halogens is 2. The van der Waals surface area contributed by atoms with Crippen LogP contribution in [0.5, 0.6) is 0 Å². The fourth-order valence-electron chi connectivity index (χ4n) is 1.43. The van der Waals surface area contributed by atoms with E-state index >= 15 is 0 Å². The van der Waals surface area contributed by atoms with Crippen LogP contribution in [0.3, 0.4) is 0 Å². The quantitative estimate of drug-likeness (QED) is 0.564. The van der Waals surface area contributed by atoms with Gasteiger partial charge in [-0.05, 0) is 6.92 Å². The summed E-state index contributed by atoms with van der Waals surface area (Å²) < 4.78 is 25.1. The Balaban J connectivity index is 2.66. The molecule has 2 unspecified atom stereocenters. The Morgan fingerprint density at radius 3 is 2.27 bits per heavy atom. The molecular formula is C7H11F2NO. The maximum absolute atomic E-state index is 12.5. The van der Waals surface area contributed by atoms with E-state index in [9.17, 15) is 8.78 Å². The van der Waals surface area contributed by atoms with Crippen molar-refractivity contribution in [2.24, 2.45) is 5.92 Å². The largest absolute Gasteiger partial charge is 0.392 e. The molecule has 0 heterocycles. The van der Waals surface area contributed by atoms with Crippen molar-refractivity contribution >= 4 is 5.71 Å². The molecule has 1 saturated carbocycles. The molecule has 64 valence electrons. The number of hydrogen-bond acceptors (Lipinski definition) is 2. The van der Waals surface area contributed by atoms with Gasteiger partial charge in [0, 0.05) is 24.5 Å². The highest BCUT2D eigenvalue weighted by atomic mass is 19.3. The van der Waals surface area contributed by atoms with Gasteiger partial charge in [0.1, 0.15) is 0 Å². The first kappa shape index (κ1) is 8.59. The van der Waals surface area contributed by atoms with E-state index in [1.54, 1.807) is 0 Å². The maximum atomic E-state index is 12.5. The predicted molar refractivity (Wildman–Crippen MR) is 37.1 cm³/mol. The number of rotatable bonds is 1. The van der Waals surface area contributed by atoms with E-state index < -0.39 is 24.4 Å². The standard InChI is InChI=1S/C7H11F2NO/c1-4(10)5-2-7(8,9)3-6(5)11/h5-6,10-11H,2-3H2,1H3. The lowest BCUT2D eigenvalue weighted by atomic mass is 10.0. The van der Waals surface area contributed by atoms with E-state index in [0.29, 0.717) is 0 Å². The molecule has 0 saturated heterocycles. The van der Waals surface area contributed by atoms with E-state index in [1.807, 2.05) is 0 Å². The van der Waals surface area contributed by atoms with Crippen LogP contribution in [0.1, 0.15) is 19.8 Å². The highest BCUT2D eigenvalue weighted by Crippen LogP contribution is 2.39. The van der Waals surface area contributed by atoms with Crippen molar-refractivity contribution in [2.45, 2.75) is 31.8 Å². The molecule has 2 N–H and O–H groups in total. The summed E-state index contributed by atoms with van der Waals surface area (Å²) in [5.74, 6) is -3.41. The van der Waals surface area contributed by atoms with Crippen LogP contribution in [0.2, 0.25) is 0 Å². The third-order valence-corrected chi connectivity index (χ3v) is 2.05. The Kier molecular flexibility index (Phi) is 1.96. The minimum absolute atomic E-state index is 0.148. The minimum atomic E-state index is -2.77. The van der Waals surface area contributed by atoms with E-state index in [4.69, 9.17) is 10.5 Å². The molecule has 1 aliphatic rings. The van der Waals surface area contributed by atoms with E-state index in [-0.39, 0.29) is 12.1 Å². The second-order valence-electron chi connectivity index (χ2n) is 3.12. The van der Waals surface area contributed by atoms with Crippen LogP contribution in [0.25, 0.3) is 0 Å². The van der Waals surface area contributed by atoms with Gasteiger partial charge in [0.15, 0.2) is 0 Å². The SMILES string of the molecule is CC(=N)C1CC(F)(F)CC1O. The van der Waals surface area contributed by atoms with Crippen molar-refractivity contribution in [3.63, 3.8) is 0 Å². The molecule has 1 fully saturated rings. The van der Waals surface area contributed by atoms with Crippen molar-refractivity contribution in [3.8, 4) is 0 Å². The molecule has 2 nitrogen and oxygen atoms in total. The summed E-state index contributed by atoms with van der Waals surface area (Å²) in [5, 5.41) is 16.2. The first-order valence-electron chi connectivity index (χ1n) is 3.53. The Labute approximate surface area is 63.7 Å². The smallest absolute Gasteiger partial charge is 0.251 e. The fraction of sp³-hybridized carbons (Fsp3) is 0.857. The average Bonchev–Trinajstić information content (AvgIpc) is 2.05. The summed E-state index contributed by atoms with van der Waals surface area (Å²) in [5.41, 5.74) is 0.148. The first-order valence-corrected chi connectivity index (χ1v) is 3.53. The highest BCUT2D eigenvalue weighted by molar-refractivity contribution is 5.82. The van der Waals surface area contributed by atoms with E-state index in [0.717, 1.165) is 0 Å². The summed E-state index contributed by atoms with van der Waals surface area (Å²) in [7, 11) is 0. The Morgan fingerprint density at radius 2 is 2.09 bits per heavy atom. The molecule has 2 atom stereocenters. The Hall–Kier alpha value is -0.510. The second-order valence-corrected chi connectivity index (χ2v) is 3.12. The lowest BCUT2D eigenvalue weighted by Gasteiger charge is -2.10. The third-order valence-electron chi connectivity index (χ3n) is 2.05. The average molecular weight is 163 g/mol. The molecule has 0 aromatic rings. The molecule has 0 spiro atoms. The molecule has 0 amide bonds. The van der Waals surface area contributed by atoms with Crippen molar-refractivity contribution in [3.05, 3.63) is 0 Å². The zero-order valence-electron chi connectivity index (χ0n) is 6.27. The van der Waals surface area contributed by atoms with Crippen LogP contribution in [0, 0.1) is 11.3 Å². The molecule has 4 heteroatoms. The lowest BCUT2D eigenvalue weighted by Crippen LogP contribution is -2.19. The topological polar surface area (TPSA) is 44.1 Å². The fourth-order valence-corrected chi connectivity index (χ4v) is 1.43. The molecule has 0 aromatic heterocycles. The van der Waals surface area contributed by atoms with Gasteiger partial charge < -0.3 is 10.5 Å². The van der Waals surface area contributed by atoms with Crippen LogP contribution in [-0.2, 0) is 0 Å². The van der Waals surface area contributed by atoms with Crippen LogP contribution >= 0.6 is 0 Å². The summed E-state index contributed by atoms with van der Waals surface area (Å²) >= 11 is 0. The van der Waals surface area contributed by atoms with Gasteiger partial charge in [-0.3, -0.25) is 0 Å². The summed E-state index contributed by atoms with van der Waals surface area (Å²) in [6.45, 7) is 1.45. The number of aliphatic hydroxyl groups excluding tert-OH is 1. The third kappa shape index (κ3) is 1.74. The predicted octanol–water partition coefficient (Wildman–Crippen LogP) is 1.43. The van der Waals surface area contributed by atoms with Crippen LogP contribution in [-0.4, -0.2) is 22.8 Å². The number of hydrogen-bond donors (Lipinski definition) is 2. The van der Waals surface area contributed by atoms with Gasteiger partial charge in [-0.1, -0.05) is 0 Å². The van der Waals surface area contributed by atoms with Crippen LogP contribution < -0.4 is 0 Å². The molecule has 11 heavy (non-hydrogen) atoms. The molecule has 0 aliphatic heterocycles. The normalized spacial score (nSPS) is 35.6. The molecule has 0 radical (unpaired) electrons. The van der Waals surface area contributed by atoms with Gasteiger partial charge in [-0.15, -0.1) is 0 Å². The monoisotopic (exact) mass is 163 g/mol. The lowest BCUT2D eigenvalue weighted by molar-refractivity contribution is -0.00363. The van der Waals surface area contributed by atoms with Gasteiger partial charge in [-0.25, -0.2) is 8.78 Å².